The number of fused-ring (bicyclic) bond motifs is 1. The first-order valence-corrected chi connectivity index (χ1v) is 7.37. The van der Waals surface area contributed by atoms with Crippen molar-refractivity contribution in [2.45, 2.75) is 16.4 Å². The summed E-state index contributed by atoms with van der Waals surface area (Å²) in [6, 6.07) is 0.699. The minimum absolute atomic E-state index is 0.0254. The lowest BCUT2D eigenvalue weighted by Crippen LogP contribution is -2.22. The third-order valence-corrected chi connectivity index (χ3v) is 5.39. The number of nitrogens with zero attached hydrogens (tertiary/aromatic N) is 1. The van der Waals surface area contributed by atoms with E-state index in [0.717, 1.165) is 19.0 Å². The Morgan fingerprint density at radius 2 is 2.05 bits per heavy atom. The maximum Gasteiger partial charge on any atom is 0.341 e. The van der Waals surface area contributed by atoms with Crippen LogP contribution >= 0.6 is 34.2 Å². The second-order valence-corrected chi connectivity index (χ2v) is 7.23. The van der Waals surface area contributed by atoms with Crippen LogP contribution in [0.2, 0.25) is 5.02 Å². The van der Waals surface area contributed by atoms with Crippen LogP contribution in [-0.2, 0) is 3.55 Å². The van der Waals surface area contributed by atoms with E-state index in [1.54, 1.807) is 0 Å². The zero-order valence-electron chi connectivity index (χ0n) is 10.3. The summed E-state index contributed by atoms with van der Waals surface area (Å²) in [4.78, 5) is 23.3. The molecule has 1 N–H and O–H groups in total. The summed E-state index contributed by atoms with van der Waals surface area (Å²) in [5.41, 5.74) is -1.35. The predicted molar refractivity (Wildman–Crippen MR) is 81.3 cm³/mol. The van der Waals surface area contributed by atoms with Crippen molar-refractivity contribution in [3.8, 4) is 0 Å². The van der Waals surface area contributed by atoms with E-state index in [4.69, 9.17) is 16.7 Å². The van der Waals surface area contributed by atoms with Gasteiger partial charge in [0, 0.05) is 6.20 Å². The van der Waals surface area contributed by atoms with Gasteiger partial charge in [-0.05, 0) is 18.9 Å². The van der Waals surface area contributed by atoms with Gasteiger partial charge in [0.15, 0.2) is 11.6 Å². The molecule has 1 aromatic carbocycles. The number of rotatable bonds is 2. The molecule has 1 saturated carbocycles. The Morgan fingerprint density at radius 3 is 2.57 bits per heavy atom. The van der Waals surface area contributed by atoms with Crippen molar-refractivity contribution in [1.82, 2.24) is 4.57 Å². The standard InChI is InChI=1S/C13H7ClF2INO3/c14-8-9(16)7(15)3-5-10(8)18(13(17)1-2-13)4-6(11(5)19)12(20)21/h3-4H,1-2H2,(H,20,21). The maximum atomic E-state index is 13.7. The molecule has 4 nitrogen and oxygen atoms in total. The second kappa shape index (κ2) is 4.64. The van der Waals surface area contributed by atoms with E-state index in [1.165, 1.54) is 4.57 Å². The van der Waals surface area contributed by atoms with E-state index in [1.807, 2.05) is 0 Å². The molecule has 0 atom stereocenters. The van der Waals surface area contributed by atoms with Gasteiger partial charge in [0.25, 0.3) is 0 Å². The molecule has 0 aliphatic heterocycles. The van der Waals surface area contributed by atoms with Crippen molar-refractivity contribution in [1.29, 1.82) is 0 Å². The molecule has 1 aromatic heterocycles. The molecule has 1 aliphatic carbocycles. The van der Waals surface area contributed by atoms with Crippen LogP contribution in [0.4, 0.5) is 8.78 Å². The number of pyridine rings is 1. The van der Waals surface area contributed by atoms with Gasteiger partial charge in [-0.2, -0.15) is 0 Å². The number of hydrogen-bond acceptors (Lipinski definition) is 2. The summed E-state index contributed by atoms with van der Waals surface area (Å²) in [6.45, 7) is 0. The molecule has 1 aliphatic rings. The molecular formula is C13H7ClF2INO3. The number of halogens is 4. The molecule has 1 fully saturated rings. The SMILES string of the molecule is O=C(O)c1cn(C2(I)CC2)c2c(Cl)c(F)c(F)cc2c1=O. The summed E-state index contributed by atoms with van der Waals surface area (Å²) >= 11 is 7.93. The number of alkyl halides is 1. The molecule has 0 spiro atoms. The van der Waals surface area contributed by atoms with Gasteiger partial charge in [0.1, 0.15) is 10.6 Å². The van der Waals surface area contributed by atoms with Gasteiger partial charge in [-0.15, -0.1) is 0 Å². The van der Waals surface area contributed by atoms with Gasteiger partial charge in [-0.3, -0.25) is 4.79 Å². The molecule has 0 saturated heterocycles. The fraction of sp³-hybridized carbons (Fsp3) is 0.231. The Bertz CT molecular complexity index is 861. The molecular weight excluding hydrogens is 419 g/mol. The van der Waals surface area contributed by atoms with Crippen LogP contribution in [0, 0.1) is 11.6 Å². The van der Waals surface area contributed by atoms with Crippen molar-refractivity contribution in [2.75, 3.05) is 0 Å². The topological polar surface area (TPSA) is 59.3 Å². The highest BCUT2D eigenvalue weighted by Crippen LogP contribution is 2.51. The molecule has 0 bridgehead atoms. The van der Waals surface area contributed by atoms with Gasteiger partial charge in [0.05, 0.1) is 14.4 Å². The van der Waals surface area contributed by atoms with Crippen LogP contribution < -0.4 is 5.43 Å². The van der Waals surface area contributed by atoms with E-state index in [9.17, 15) is 18.4 Å². The summed E-state index contributed by atoms with van der Waals surface area (Å²) in [7, 11) is 0. The lowest BCUT2D eigenvalue weighted by Gasteiger charge is -2.18. The number of hydrogen-bond donors (Lipinski definition) is 1. The third-order valence-electron chi connectivity index (χ3n) is 3.45. The van der Waals surface area contributed by atoms with E-state index in [0.29, 0.717) is 6.07 Å². The average Bonchev–Trinajstić information content (AvgIpc) is 3.16. The summed E-state index contributed by atoms with van der Waals surface area (Å²) in [6.07, 6.45) is 2.59. The molecule has 0 amide bonds. The molecule has 110 valence electrons. The van der Waals surface area contributed by atoms with Crippen LogP contribution in [0.25, 0.3) is 10.9 Å². The molecule has 2 aromatic rings. The molecule has 0 radical (unpaired) electrons. The van der Waals surface area contributed by atoms with Crippen LogP contribution in [0.3, 0.4) is 0 Å². The molecule has 8 heteroatoms. The Labute approximate surface area is 135 Å². The zero-order chi connectivity index (χ0) is 15.5. The zero-order valence-corrected chi connectivity index (χ0v) is 13.2. The van der Waals surface area contributed by atoms with Crippen molar-refractivity contribution >= 4 is 51.1 Å². The monoisotopic (exact) mass is 425 g/mol. The molecule has 3 rings (SSSR count). The highest BCUT2D eigenvalue weighted by atomic mass is 127. The first-order valence-electron chi connectivity index (χ1n) is 5.92. The van der Waals surface area contributed by atoms with Gasteiger partial charge in [-0.1, -0.05) is 34.2 Å². The molecule has 0 unspecified atom stereocenters. The highest BCUT2D eigenvalue weighted by Gasteiger charge is 2.43. The maximum absolute atomic E-state index is 13.7. The van der Waals surface area contributed by atoms with Gasteiger partial charge in [0.2, 0.25) is 5.43 Å². The number of aromatic nitrogens is 1. The van der Waals surface area contributed by atoms with Gasteiger partial charge in [-0.25, -0.2) is 13.6 Å². The Kier molecular flexibility index (Phi) is 3.25. The first-order chi connectivity index (χ1) is 9.76. The number of aromatic carboxylic acids is 1. The van der Waals surface area contributed by atoms with Crippen molar-refractivity contribution < 1.29 is 18.7 Å². The van der Waals surface area contributed by atoms with E-state index >= 15 is 0 Å². The van der Waals surface area contributed by atoms with Crippen LogP contribution in [0.15, 0.2) is 17.1 Å². The molecule has 1 heterocycles. The van der Waals surface area contributed by atoms with E-state index in [2.05, 4.69) is 22.6 Å². The van der Waals surface area contributed by atoms with Gasteiger partial charge < -0.3 is 9.67 Å². The number of benzene rings is 1. The Balaban J connectivity index is 2.55. The van der Waals surface area contributed by atoms with E-state index < -0.39 is 37.2 Å². The fourth-order valence-electron chi connectivity index (χ4n) is 2.20. The summed E-state index contributed by atoms with van der Waals surface area (Å²) in [5, 5.41) is 8.37. The van der Waals surface area contributed by atoms with Crippen molar-refractivity contribution in [3.05, 3.63) is 44.7 Å². The van der Waals surface area contributed by atoms with E-state index in [-0.39, 0.29) is 10.9 Å². The minimum Gasteiger partial charge on any atom is -0.477 e. The Morgan fingerprint density at radius 1 is 1.43 bits per heavy atom. The largest absolute Gasteiger partial charge is 0.477 e. The third kappa shape index (κ3) is 2.13. The Hall–Kier alpha value is -1.22. The van der Waals surface area contributed by atoms with Crippen molar-refractivity contribution in [2.24, 2.45) is 0 Å². The average molecular weight is 426 g/mol. The van der Waals surface area contributed by atoms with Crippen LogP contribution in [0.1, 0.15) is 23.2 Å². The summed E-state index contributed by atoms with van der Waals surface area (Å²) < 4.78 is 28.2. The normalized spacial score (nSPS) is 16.2. The van der Waals surface area contributed by atoms with Crippen molar-refractivity contribution in [3.63, 3.8) is 0 Å². The van der Waals surface area contributed by atoms with Crippen LogP contribution in [-0.4, -0.2) is 15.6 Å². The lowest BCUT2D eigenvalue weighted by molar-refractivity contribution is 0.0695. The highest BCUT2D eigenvalue weighted by molar-refractivity contribution is 14.1. The number of carboxylic acid groups (broad SMARTS) is 1. The van der Waals surface area contributed by atoms with Crippen LogP contribution in [0.5, 0.6) is 0 Å². The quantitative estimate of drug-likeness (QED) is 0.455. The summed E-state index contributed by atoms with van der Waals surface area (Å²) in [5.74, 6) is -3.95. The number of carboxylic acids is 1. The first kappa shape index (κ1) is 14.7. The lowest BCUT2D eigenvalue weighted by atomic mass is 10.1. The number of carbonyl (C=O) groups is 1. The smallest absolute Gasteiger partial charge is 0.341 e. The predicted octanol–water partition coefficient (Wildman–Crippen LogP) is 3.51. The molecule has 21 heavy (non-hydrogen) atoms. The minimum atomic E-state index is -1.42. The van der Waals surface area contributed by atoms with Gasteiger partial charge >= 0.3 is 5.97 Å². The second-order valence-electron chi connectivity index (χ2n) is 4.85. The fourth-order valence-corrected chi connectivity index (χ4v) is 3.14.